The summed E-state index contributed by atoms with van der Waals surface area (Å²) in [6, 6.07) is 11.5. The van der Waals surface area contributed by atoms with Crippen LogP contribution < -0.4 is 5.32 Å². The van der Waals surface area contributed by atoms with Gasteiger partial charge in [-0.25, -0.2) is 0 Å². The fraction of sp³-hybridized carbons (Fsp3) is 0.364. The molecule has 1 aromatic carbocycles. The largest absolute Gasteiger partial charge is 0.381 e. The van der Waals surface area contributed by atoms with Crippen LogP contribution in [0.2, 0.25) is 0 Å². The first kappa shape index (κ1) is 20.3. The van der Waals surface area contributed by atoms with E-state index in [1.165, 1.54) is 16.2 Å². The Morgan fingerprint density at radius 1 is 1.04 bits per heavy atom. The maximum Gasteiger partial charge on any atom is 0.278 e. The van der Waals surface area contributed by atoms with E-state index in [0.717, 1.165) is 35.6 Å². The lowest BCUT2D eigenvalue weighted by molar-refractivity contribution is -0.137. The number of benzene rings is 1. The summed E-state index contributed by atoms with van der Waals surface area (Å²) >= 11 is 1.46. The lowest BCUT2D eigenvalue weighted by Crippen LogP contribution is -2.34. The molecule has 0 atom stereocenters. The normalized spacial score (nSPS) is 14.3. The SMILES string of the molecule is CCCCOCCCN1C(=O)C(Nc2ccc(C)cc2)=C(c2cccs2)C1=O. The molecule has 0 saturated heterocycles. The van der Waals surface area contributed by atoms with Crippen LogP contribution in [0.5, 0.6) is 0 Å². The molecular formula is C22H26N2O3S. The van der Waals surface area contributed by atoms with E-state index >= 15 is 0 Å². The Bertz CT molecular complexity index is 841. The van der Waals surface area contributed by atoms with Crippen molar-refractivity contribution in [1.29, 1.82) is 0 Å². The average molecular weight is 399 g/mol. The lowest BCUT2D eigenvalue weighted by atomic mass is 10.1. The molecule has 0 fully saturated rings. The highest BCUT2D eigenvalue weighted by atomic mass is 32.1. The maximum atomic E-state index is 13.0. The molecule has 2 aromatic rings. The van der Waals surface area contributed by atoms with E-state index in [0.29, 0.717) is 30.8 Å². The maximum absolute atomic E-state index is 13.0. The number of nitrogens with one attached hydrogen (secondary N) is 1. The number of aryl methyl sites for hydroxylation is 1. The minimum atomic E-state index is -0.275. The molecule has 2 amide bonds. The third kappa shape index (κ3) is 4.69. The van der Waals surface area contributed by atoms with Crippen LogP contribution in [0.4, 0.5) is 5.69 Å². The van der Waals surface area contributed by atoms with Gasteiger partial charge in [-0.15, -0.1) is 11.3 Å². The highest BCUT2D eigenvalue weighted by Gasteiger charge is 2.39. The summed E-state index contributed by atoms with van der Waals surface area (Å²) < 4.78 is 5.56. The predicted octanol–water partition coefficient (Wildman–Crippen LogP) is 4.46. The summed E-state index contributed by atoms with van der Waals surface area (Å²) in [4.78, 5) is 28.1. The van der Waals surface area contributed by atoms with Gasteiger partial charge in [0.15, 0.2) is 0 Å². The summed E-state index contributed by atoms with van der Waals surface area (Å²) in [5.74, 6) is -0.516. The number of carbonyl (C=O) groups is 2. The van der Waals surface area contributed by atoms with Gasteiger partial charge in [0.1, 0.15) is 5.70 Å². The second kappa shape index (κ2) is 9.66. The Balaban J connectivity index is 1.75. The van der Waals surface area contributed by atoms with Crippen molar-refractivity contribution >= 4 is 34.4 Å². The molecule has 0 bridgehead atoms. The summed E-state index contributed by atoms with van der Waals surface area (Å²) in [7, 11) is 0. The van der Waals surface area contributed by atoms with Crippen molar-refractivity contribution in [2.24, 2.45) is 0 Å². The van der Waals surface area contributed by atoms with E-state index in [9.17, 15) is 9.59 Å². The summed E-state index contributed by atoms with van der Waals surface area (Å²) in [6.45, 7) is 5.75. The van der Waals surface area contributed by atoms with E-state index in [2.05, 4.69) is 12.2 Å². The van der Waals surface area contributed by atoms with Crippen LogP contribution in [0.15, 0.2) is 47.5 Å². The van der Waals surface area contributed by atoms with Crippen LogP contribution in [0.25, 0.3) is 5.57 Å². The monoisotopic (exact) mass is 398 g/mol. The minimum absolute atomic E-state index is 0.240. The van der Waals surface area contributed by atoms with Crippen LogP contribution in [0, 0.1) is 6.92 Å². The van der Waals surface area contributed by atoms with Crippen molar-refractivity contribution < 1.29 is 14.3 Å². The standard InChI is InChI=1S/C22H26N2O3S/c1-3-4-13-27-14-6-12-24-21(25)19(18-7-5-15-28-18)20(22(24)26)23-17-10-8-16(2)9-11-17/h5,7-11,15,23H,3-4,6,12-14H2,1-2H3. The molecule has 0 aliphatic carbocycles. The van der Waals surface area contributed by atoms with E-state index in [4.69, 9.17) is 4.74 Å². The molecule has 2 heterocycles. The van der Waals surface area contributed by atoms with Gasteiger partial charge >= 0.3 is 0 Å². The van der Waals surface area contributed by atoms with Gasteiger partial charge in [0.05, 0.1) is 5.57 Å². The highest BCUT2D eigenvalue weighted by Crippen LogP contribution is 2.32. The lowest BCUT2D eigenvalue weighted by Gasteiger charge is -2.15. The minimum Gasteiger partial charge on any atom is -0.381 e. The number of rotatable bonds is 10. The first-order valence-electron chi connectivity index (χ1n) is 9.67. The Hall–Kier alpha value is -2.44. The molecule has 1 N–H and O–H groups in total. The second-order valence-electron chi connectivity index (χ2n) is 6.80. The Morgan fingerprint density at radius 3 is 2.46 bits per heavy atom. The molecule has 0 spiro atoms. The first-order chi connectivity index (χ1) is 13.6. The van der Waals surface area contributed by atoms with Gasteiger partial charge in [-0.1, -0.05) is 37.1 Å². The topological polar surface area (TPSA) is 58.6 Å². The Kier molecular flexibility index (Phi) is 7.01. The van der Waals surface area contributed by atoms with Gasteiger partial charge in [-0.2, -0.15) is 0 Å². The number of amides is 2. The van der Waals surface area contributed by atoms with Crippen LogP contribution in [0.3, 0.4) is 0 Å². The third-order valence-corrected chi connectivity index (χ3v) is 5.46. The molecule has 1 aliphatic rings. The van der Waals surface area contributed by atoms with Crippen LogP contribution in [-0.4, -0.2) is 36.5 Å². The van der Waals surface area contributed by atoms with Crippen LogP contribution in [-0.2, 0) is 14.3 Å². The smallest absolute Gasteiger partial charge is 0.278 e. The molecule has 5 nitrogen and oxygen atoms in total. The van der Waals surface area contributed by atoms with E-state index < -0.39 is 0 Å². The zero-order valence-electron chi connectivity index (χ0n) is 16.4. The molecule has 0 unspecified atom stereocenters. The van der Waals surface area contributed by atoms with E-state index in [1.54, 1.807) is 0 Å². The van der Waals surface area contributed by atoms with Gasteiger partial charge < -0.3 is 10.1 Å². The van der Waals surface area contributed by atoms with Gasteiger partial charge in [0, 0.05) is 30.3 Å². The van der Waals surface area contributed by atoms with Crippen molar-refractivity contribution in [3.8, 4) is 0 Å². The Labute approximate surface area is 170 Å². The number of unbranched alkanes of at least 4 members (excludes halogenated alkanes) is 1. The van der Waals surface area contributed by atoms with E-state index in [1.807, 2.05) is 48.7 Å². The van der Waals surface area contributed by atoms with Crippen molar-refractivity contribution in [3.05, 3.63) is 57.9 Å². The highest BCUT2D eigenvalue weighted by molar-refractivity contribution is 7.11. The van der Waals surface area contributed by atoms with Crippen LogP contribution >= 0.6 is 11.3 Å². The van der Waals surface area contributed by atoms with E-state index in [-0.39, 0.29) is 11.8 Å². The van der Waals surface area contributed by atoms with Crippen molar-refractivity contribution in [3.63, 3.8) is 0 Å². The molecule has 3 rings (SSSR count). The molecule has 1 aliphatic heterocycles. The fourth-order valence-electron chi connectivity index (χ4n) is 3.00. The van der Waals surface area contributed by atoms with Crippen molar-refractivity contribution in [2.75, 3.05) is 25.1 Å². The molecule has 1 aromatic heterocycles. The summed E-state index contributed by atoms with van der Waals surface area (Å²) in [5.41, 5.74) is 2.73. The number of thiophene rings is 1. The number of ether oxygens (including phenoxy) is 1. The Morgan fingerprint density at radius 2 is 1.79 bits per heavy atom. The van der Waals surface area contributed by atoms with Crippen molar-refractivity contribution in [2.45, 2.75) is 33.1 Å². The van der Waals surface area contributed by atoms with Crippen molar-refractivity contribution in [1.82, 2.24) is 4.90 Å². The molecule has 6 heteroatoms. The molecule has 148 valence electrons. The summed E-state index contributed by atoms with van der Waals surface area (Å²) in [5, 5.41) is 5.09. The predicted molar refractivity (Wildman–Crippen MR) is 113 cm³/mol. The number of anilines is 1. The number of nitrogens with zero attached hydrogens (tertiary/aromatic N) is 1. The van der Waals surface area contributed by atoms with Gasteiger partial charge in [-0.3, -0.25) is 14.5 Å². The quantitative estimate of drug-likeness (QED) is 0.474. The zero-order valence-corrected chi connectivity index (χ0v) is 17.2. The fourth-order valence-corrected chi connectivity index (χ4v) is 3.77. The molecule has 0 saturated carbocycles. The zero-order chi connectivity index (χ0) is 19.9. The first-order valence-corrected chi connectivity index (χ1v) is 10.6. The van der Waals surface area contributed by atoms with Gasteiger partial charge in [0.25, 0.3) is 11.8 Å². The third-order valence-electron chi connectivity index (χ3n) is 4.57. The molecular weight excluding hydrogens is 372 g/mol. The summed E-state index contributed by atoms with van der Waals surface area (Å²) in [6.07, 6.45) is 2.75. The number of hydrogen-bond acceptors (Lipinski definition) is 5. The second-order valence-corrected chi connectivity index (χ2v) is 7.75. The molecule has 0 radical (unpaired) electrons. The number of carbonyl (C=O) groups excluding carboxylic acids is 2. The average Bonchev–Trinajstić information content (AvgIpc) is 3.29. The van der Waals surface area contributed by atoms with Gasteiger partial charge in [0.2, 0.25) is 0 Å². The number of imide groups is 1. The van der Waals surface area contributed by atoms with Gasteiger partial charge in [-0.05, 0) is 43.3 Å². The molecule has 28 heavy (non-hydrogen) atoms. The van der Waals surface area contributed by atoms with Crippen LogP contribution in [0.1, 0.15) is 36.6 Å². The number of hydrogen-bond donors (Lipinski definition) is 1.